The van der Waals surface area contributed by atoms with Crippen LogP contribution in [-0.4, -0.2) is 5.88 Å². The van der Waals surface area contributed by atoms with Crippen LogP contribution in [0.5, 0.6) is 0 Å². The monoisotopic (exact) mass is 174 g/mol. The maximum atomic E-state index is 5.79. The molecule has 1 heteroatoms. The molecule has 0 radical (unpaired) electrons. The quantitative estimate of drug-likeness (QED) is 0.447. The molecule has 0 saturated heterocycles. The van der Waals surface area contributed by atoms with Crippen LogP contribution in [0.25, 0.3) is 0 Å². The van der Waals surface area contributed by atoms with Crippen molar-refractivity contribution in [3.8, 4) is 0 Å². The lowest BCUT2D eigenvalue weighted by molar-refractivity contribution is 0.388. The van der Waals surface area contributed by atoms with Gasteiger partial charge in [-0.2, -0.15) is 0 Å². The van der Waals surface area contributed by atoms with Gasteiger partial charge in [0.05, 0.1) is 0 Å². The van der Waals surface area contributed by atoms with Crippen molar-refractivity contribution in [2.75, 3.05) is 5.88 Å². The largest absolute Gasteiger partial charge is 0.126 e. The second kappa shape index (κ2) is 4.82. The Morgan fingerprint density at radius 3 is 2.27 bits per heavy atom. The Balaban J connectivity index is 3.62. The van der Waals surface area contributed by atoms with Crippen LogP contribution in [0.15, 0.2) is 11.6 Å². The van der Waals surface area contributed by atoms with E-state index < -0.39 is 0 Å². The molecule has 0 heterocycles. The standard InChI is InChI=1S/C10H19Cl/c1-9(2)6-5-7-10(3,4)8-11/h6H,5,7-8H2,1-4H3. The third-order valence-electron chi connectivity index (χ3n) is 1.74. The first kappa shape index (κ1) is 11.0. The van der Waals surface area contributed by atoms with Gasteiger partial charge in [-0.3, -0.25) is 0 Å². The van der Waals surface area contributed by atoms with E-state index in [1.54, 1.807) is 0 Å². The van der Waals surface area contributed by atoms with Gasteiger partial charge in [-0.25, -0.2) is 0 Å². The molecule has 0 saturated carbocycles. The molecule has 66 valence electrons. The van der Waals surface area contributed by atoms with Crippen molar-refractivity contribution in [1.82, 2.24) is 0 Å². The second-order valence-corrected chi connectivity index (χ2v) is 4.39. The van der Waals surface area contributed by atoms with E-state index in [1.807, 2.05) is 0 Å². The molecule has 0 rings (SSSR count). The normalized spacial score (nSPS) is 11.4. The summed E-state index contributed by atoms with van der Waals surface area (Å²) in [4.78, 5) is 0. The van der Waals surface area contributed by atoms with E-state index in [0.717, 1.165) is 12.3 Å². The van der Waals surface area contributed by atoms with Gasteiger partial charge in [0.15, 0.2) is 0 Å². The van der Waals surface area contributed by atoms with Gasteiger partial charge in [0.2, 0.25) is 0 Å². The highest BCUT2D eigenvalue weighted by Gasteiger charge is 2.14. The number of rotatable bonds is 4. The van der Waals surface area contributed by atoms with Crippen molar-refractivity contribution in [1.29, 1.82) is 0 Å². The van der Waals surface area contributed by atoms with Gasteiger partial charge < -0.3 is 0 Å². The average molecular weight is 175 g/mol. The van der Waals surface area contributed by atoms with Gasteiger partial charge >= 0.3 is 0 Å². The molecule has 0 aromatic carbocycles. The van der Waals surface area contributed by atoms with Crippen molar-refractivity contribution in [3.63, 3.8) is 0 Å². The second-order valence-electron chi connectivity index (χ2n) is 4.12. The van der Waals surface area contributed by atoms with Crippen LogP contribution in [0.4, 0.5) is 0 Å². The minimum absolute atomic E-state index is 0.299. The van der Waals surface area contributed by atoms with Gasteiger partial charge in [-0.15, -0.1) is 11.6 Å². The van der Waals surface area contributed by atoms with E-state index >= 15 is 0 Å². The zero-order valence-electron chi connectivity index (χ0n) is 8.08. The Kier molecular flexibility index (Phi) is 4.83. The predicted molar refractivity (Wildman–Crippen MR) is 53.2 cm³/mol. The SMILES string of the molecule is CC(C)=CCCC(C)(C)CCl. The van der Waals surface area contributed by atoms with E-state index in [-0.39, 0.29) is 0 Å². The molecule has 0 aromatic rings. The molecule has 0 fully saturated rings. The summed E-state index contributed by atoms with van der Waals surface area (Å²) in [5, 5.41) is 0. The molecular formula is C10H19Cl. The van der Waals surface area contributed by atoms with Crippen molar-refractivity contribution in [3.05, 3.63) is 11.6 Å². The summed E-state index contributed by atoms with van der Waals surface area (Å²) in [6.45, 7) is 8.68. The molecule has 0 bridgehead atoms. The van der Waals surface area contributed by atoms with Crippen LogP contribution in [0, 0.1) is 5.41 Å². The summed E-state index contributed by atoms with van der Waals surface area (Å²) in [5.74, 6) is 0.754. The van der Waals surface area contributed by atoms with E-state index in [0.29, 0.717) is 5.41 Å². The molecule has 0 aliphatic carbocycles. The van der Waals surface area contributed by atoms with Crippen molar-refractivity contribution >= 4 is 11.6 Å². The molecule has 0 aromatic heterocycles. The first-order valence-corrected chi connectivity index (χ1v) is 4.71. The maximum Gasteiger partial charge on any atom is 0.0274 e. The minimum Gasteiger partial charge on any atom is -0.126 e. The van der Waals surface area contributed by atoms with Crippen molar-refractivity contribution in [2.24, 2.45) is 5.41 Å². The number of halogens is 1. The third kappa shape index (κ3) is 6.43. The zero-order chi connectivity index (χ0) is 8.91. The molecule has 0 aliphatic heterocycles. The Labute approximate surface area is 75.6 Å². The highest BCUT2D eigenvalue weighted by molar-refractivity contribution is 6.18. The van der Waals surface area contributed by atoms with Gasteiger partial charge in [0.1, 0.15) is 0 Å². The third-order valence-corrected chi connectivity index (χ3v) is 2.46. The molecule has 0 atom stereocenters. The lowest BCUT2D eigenvalue weighted by Gasteiger charge is -2.19. The van der Waals surface area contributed by atoms with E-state index in [4.69, 9.17) is 11.6 Å². The summed E-state index contributed by atoms with van der Waals surface area (Å²) in [6, 6.07) is 0. The summed E-state index contributed by atoms with van der Waals surface area (Å²) in [5.41, 5.74) is 1.70. The Morgan fingerprint density at radius 2 is 1.91 bits per heavy atom. The molecular weight excluding hydrogens is 156 g/mol. The molecule has 0 N–H and O–H groups in total. The van der Waals surface area contributed by atoms with E-state index in [9.17, 15) is 0 Å². The fourth-order valence-corrected chi connectivity index (χ4v) is 0.952. The molecule has 11 heavy (non-hydrogen) atoms. The van der Waals surface area contributed by atoms with Crippen LogP contribution in [-0.2, 0) is 0 Å². The smallest absolute Gasteiger partial charge is 0.0274 e. The first-order chi connectivity index (χ1) is 4.98. The maximum absolute atomic E-state index is 5.79. The molecule has 0 amide bonds. The highest BCUT2D eigenvalue weighted by Crippen LogP contribution is 2.24. The van der Waals surface area contributed by atoms with Crippen LogP contribution >= 0.6 is 11.6 Å². The highest BCUT2D eigenvalue weighted by atomic mass is 35.5. The Morgan fingerprint density at radius 1 is 1.36 bits per heavy atom. The van der Waals surface area contributed by atoms with Gasteiger partial charge in [0.25, 0.3) is 0 Å². The molecule has 0 aliphatic rings. The van der Waals surface area contributed by atoms with Crippen LogP contribution in [0.2, 0.25) is 0 Å². The van der Waals surface area contributed by atoms with Crippen molar-refractivity contribution in [2.45, 2.75) is 40.5 Å². The minimum atomic E-state index is 0.299. The molecule has 0 unspecified atom stereocenters. The lowest BCUT2D eigenvalue weighted by Crippen LogP contribution is -2.12. The Hall–Kier alpha value is 0.0300. The van der Waals surface area contributed by atoms with Gasteiger partial charge in [-0.05, 0) is 32.1 Å². The average Bonchev–Trinajstić information content (AvgIpc) is 1.87. The number of hydrogen-bond donors (Lipinski definition) is 0. The van der Waals surface area contributed by atoms with Crippen molar-refractivity contribution < 1.29 is 0 Å². The molecule has 0 spiro atoms. The Bertz CT molecular complexity index is 130. The van der Waals surface area contributed by atoms with Gasteiger partial charge in [0, 0.05) is 5.88 Å². The fourth-order valence-electron chi connectivity index (χ4n) is 0.818. The topological polar surface area (TPSA) is 0 Å². The van der Waals surface area contributed by atoms with E-state index in [2.05, 4.69) is 33.8 Å². The summed E-state index contributed by atoms with van der Waals surface area (Å²) in [6.07, 6.45) is 4.61. The van der Waals surface area contributed by atoms with Crippen LogP contribution in [0.1, 0.15) is 40.5 Å². The molecule has 0 nitrogen and oxygen atoms in total. The lowest BCUT2D eigenvalue weighted by atomic mass is 9.90. The van der Waals surface area contributed by atoms with E-state index in [1.165, 1.54) is 12.0 Å². The first-order valence-electron chi connectivity index (χ1n) is 4.17. The number of allylic oxidation sites excluding steroid dienone is 2. The number of hydrogen-bond acceptors (Lipinski definition) is 0. The number of alkyl halides is 1. The van der Waals surface area contributed by atoms with Crippen LogP contribution in [0.3, 0.4) is 0 Å². The summed E-state index contributed by atoms with van der Waals surface area (Å²) < 4.78 is 0. The summed E-state index contributed by atoms with van der Waals surface area (Å²) >= 11 is 5.79. The zero-order valence-corrected chi connectivity index (χ0v) is 8.83. The summed E-state index contributed by atoms with van der Waals surface area (Å²) in [7, 11) is 0. The predicted octanol–water partition coefficient (Wildman–Crippen LogP) is 4.00. The fraction of sp³-hybridized carbons (Fsp3) is 0.800. The van der Waals surface area contributed by atoms with Crippen LogP contribution < -0.4 is 0 Å². The van der Waals surface area contributed by atoms with Gasteiger partial charge in [-0.1, -0.05) is 25.5 Å².